The van der Waals surface area contributed by atoms with Gasteiger partial charge in [-0.05, 0) is 139 Å². The molecule has 10 aromatic rings. The second-order valence-electron chi connectivity index (χ2n) is 18.5. The van der Waals surface area contributed by atoms with Crippen molar-refractivity contribution in [2.75, 3.05) is 9.80 Å². The van der Waals surface area contributed by atoms with Gasteiger partial charge in [-0.1, -0.05) is 196 Å². The van der Waals surface area contributed by atoms with Gasteiger partial charge in [0.1, 0.15) is 0 Å². The predicted octanol–water partition coefficient (Wildman–Crippen LogP) is 16.9. The fourth-order valence-corrected chi connectivity index (χ4v) is 11.6. The fraction of sp³-hybridized carbons (Fsp3) is 0.0625. The summed E-state index contributed by atoms with van der Waals surface area (Å²) in [4.78, 5) is 4.97. The highest BCUT2D eigenvalue weighted by Gasteiger charge is 2.52. The monoisotopic (exact) mass is 842 g/mol. The Hall–Kier alpha value is -8.20. The molecule has 0 amide bonds. The molecule has 0 bridgehead atoms. The summed E-state index contributed by atoms with van der Waals surface area (Å²) in [7, 11) is 0. The molecule has 2 nitrogen and oxygen atoms in total. The first kappa shape index (κ1) is 38.3. The molecular formula is C64H46N2. The number of anilines is 6. The number of nitrogens with zero attached hydrogens (tertiary/aromatic N) is 2. The molecule has 0 radical (unpaired) electrons. The third-order valence-electron chi connectivity index (χ3n) is 14.7. The minimum Gasteiger partial charge on any atom is -0.310 e. The molecule has 13 rings (SSSR count). The van der Waals surface area contributed by atoms with Crippen LogP contribution in [0.1, 0.15) is 47.2 Å². The van der Waals surface area contributed by atoms with E-state index in [-0.39, 0.29) is 5.41 Å². The molecule has 0 fully saturated rings. The Kier molecular flexibility index (Phi) is 8.51. The van der Waals surface area contributed by atoms with Crippen LogP contribution in [0.5, 0.6) is 0 Å². The van der Waals surface area contributed by atoms with Crippen LogP contribution in [-0.2, 0) is 10.8 Å². The largest absolute Gasteiger partial charge is 0.310 e. The molecule has 0 atom stereocenters. The van der Waals surface area contributed by atoms with Gasteiger partial charge in [-0.3, -0.25) is 0 Å². The average molecular weight is 843 g/mol. The molecule has 0 saturated carbocycles. The van der Waals surface area contributed by atoms with Crippen LogP contribution < -0.4 is 9.80 Å². The van der Waals surface area contributed by atoms with Crippen molar-refractivity contribution < 1.29 is 0 Å². The molecule has 2 heteroatoms. The summed E-state index contributed by atoms with van der Waals surface area (Å²) < 4.78 is 0. The van der Waals surface area contributed by atoms with Gasteiger partial charge in [0, 0.05) is 16.8 Å². The molecule has 1 aliphatic carbocycles. The Morgan fingerprint density at radius 3 is 1.11 bits per heavy atom. The summed E-state index contributed by atoms with van der Waals surface area (Å²) in [6.07, 6.45) is 0. The van der Waals surface area contributed by atoms with Crippen molar-refractivity contribution in [3.05, 3.63) is 276 Å². The zero-order valence-electron chi connectivity index (χ0n) is 37.0. The van der Waals surface area contributed by atoms with E-state index in [0.29, 0.717) is 0 Å². The van der Waals surface area contributed by atoms with Crippen LogP contribution in [0.15, 0.2) is 243 Å². The molecule has 0 N–H and O–H groups in total. The number of benzene rings is 10. The zero-order valence-corrected chi connectivity index (χ0v) is 37.0. The number of fused-ring (bicyclic) bond motifs is 11. The molecule has 3 aliphatic rings. The Labute approximate surface area is 387 Å². The van der Waals surface area contributed by atoms with Crippen LogP contribution in [0.3, 0.4) is 0 Å². The van der Waals surface area contributed by atoms with E-state index in [1.165, 1.54) is 101 Å². The lowest BCUT2D eigenvalue weighted by Crippen LogP contribution is -2.42. The highest BCUT2D eigenvalue weighted by atomic mass is 15.2. The van der Waals surface area contributed by atoms with Crippen molar-refractivity contribution in [1.82, 2.24) is 0 Å². The first-order valence-corrected chi connectivity index (χ1v) is 23.1. The van der Waals surface area contributed by atoms with Crippen LogP contribution in [0.4, 0.5) is 34.1 Å². The standard InChI is InChI=1S/C64H46N2/c1-63(2)53-22-10-9-21-51(53)52-39-33-47(41-57(52)63)48-34-40-62-58(42-48)64(56-25-13-16-28-61(56)66(62)50-37-31-46(32-38-50)44-19-7-4-8-20-44)54-23-11-14-26-59(54)65(60-27-15-12-24-55(60)64)49-35-29-45(30-36-49)43-17-5-3-6-18-43/h3-42H,1-2H3. The summed E-state index contributed by atoms with van der Waals surface area (Å²) in [6, 6.07) is 90.2. The lowest BCUT2D eigenvalue weighted by Gasteiger charge is -2.51. The van der Waals surface area contributed by atoms with E-state index in [1.54, 1.807) is 0 Å². The fourth-order valence-electron chi connectivity index (χ4n) is 11.6. The summed E-state index contributed by atoms with van der Waals surface area (Å²) >= 11 is 0. The smallest absolute Gasteiger partial charge is 0.0783 e. The molecule has 2 heterocycles. The van der Waals surface area contributed by atoms with Crippen molar-refractivity contribution in [3.63, 3.8) is 0 Å². The number of para-hydroxylation sites is 3. The topological polar surface area (TPSA) is 6.48 Å². The lowest BCUT2D eigenvalue weighted by molar-refractivity contribution is 0.660. The minimum absolute atomic E-state index is 0.108. The van der Waals surface area contributed by atoms with Gasteiger partial charge in [0.15, 0.2) is 0 Å². The normalized spacial score (nSPS) is 14.4. The molecule has 0 unspecified atom stereocenters. The number of hydrogen-bond acceptors (Lipinski definition) is 2. The number of rotatable bonds is 5. The maximum atomic E-state index is 2.52. The van der Waals surface area contributed by atoms with Crippen molar-refractivity contribution in [3.8, 4) is 44.5 Å². The van der Waals surface area contributed by atoms with Crippen LogP contribution in [0, 0.1) is 0 Å². The highest BCUT2D eigenvalue weighted by Crippen LogP contribution is 2.64. The predicted molar refractivity (Wildman–Crippen MR) is 275 cm³/mol. The third-order valence-corrected chi connectivity index (χ3v) is 14.7. The molecule has 66 heavy (non-hydrogen) atoms. The Morgan fingerprint density at radius 1 is 0.258 bits per heavy atom. The second kappa shape index (κ2) is 14.7. The van der Waals surface area contributed by atoms with E-state index in [0.717, 1.165) is 11.4 Å². The van der Waals surface area contributed by atoms with Crippen LogP contribution in [0.25, 0.3) is 44.5 Å². The number of hydrogen-bond donors (Lipinski definition) is 0. The van der Waals surface area contributed by atoms with Gasteiger partial charge in [-0.25, -0.2) is 0 Å². The van der Waals surface area contributed by atoms with Crippen molar-refractivity contribution in [2.24, 2.45) is 0 Å². The zero-order chi connectivity index (χ0) is 44.0. The molecule has 2 aliphatic heterocycles. The van der Waals surface area contributed by atoms with E-state index < -0.39 is 5.41 Å². The lowest BCUT2D eigenvalue weighted by atomic mass is 9.60. The first-order chi connectivity index (χ1) is 32.5. The first-order valence-electron chi connectivity index (χ1n) is 23.1. The second-order valence-corrected chi connectivity index (χ2v) is 18.5. The summed E-state index contributed by atoms with van der Waals surface area (Å²) in [5.41, 5.74) is 23.9. The molecule has 0 aromatic heterocycles. The summed E-state index contributed by atoms with van der Waals surface area (Å²) in [5.74, 6) is 0. The maximum Gasteiger partial charge on any atom is 0.0783 e. The van der Waals surface area contributed by atoms with E-state index in [1.807, 2.05) is 0 Å². The van der Waals surface area contributed by atoms with Crippen LogP contribution in [0.2, 0.25) is 0 Å². The highest BCUT2D eigenvalue weighted by molar-refractivity contribution is 5.98. The molecule has 1 spiro atoms. The van der Waals surface area contributed by atoms with E-state index in [9.17, 15) is 0 Å². The molecule has 312 valence electrons. The third kappa shape index (κ3) is 5.55. The van der Waals surface area contributed by atoms with Gasteiger partial charge in [0.25, 0.3) is 0 Å². The van der Waals surface area contributed by atoms with Gasteiger partial charge >= 0.3 is 0 Å². The molecule has 10 aromatic carbocycles. The molecular weight excluding hydrogens is 797 g/mol. The SMILES string of the molecule is CC1(C)c2ccccc2-c2ccc(-c3ccc4c(c3)C3(c5ccccc5N(c5ccc(-c6ccccc6)cc5)c5ccccc53)c3ccccc3N4c3ccc(-c4ccccc4)cc3)cc21. The van der Waals surface area contributed by atoms with Crippen LogP contribution in [-0.4, -0.2) is 0 Å². The maximum absolute atomic E-state index is 2.52. The van der Waals surface area contributed by atoms with Gasteiger partial charge in [-0.15, -0.1) is 0 Å². The van der Waals surface area contributed by atoms with E-state index in [4.69, 9.17) is 0 Å². The average Bonchev–Trinajstić information content (AvgIpc) is 3.62. The van der Waals surface area contributed by atoms with Crippen LogP contribution >= 0.6 is 0 Å². The van der Waals surface area contributed by atoms with E-state index in [2.05, 4.69) is 266 Å². The Balaban J connectivity index is 1.06. The van der Waals surface area contributed by atoms with Gasteiger partial charge < -0.3 is 9.80 Å². The van der Waals surface area contributed by atoms with Gasteiger partial charge in [-0.2, -0.15) is 0 Å². The van der Waals surface area contributed by atoms with Gasteiger partial charge in [0.05, 0.1) is 28.2 Å². The molecule has 0 saturated heterocycles. The van der Waals surface area contributed by atoms with Crippen molar-refractivity contribution in [1.29, 1.82) is 0 Å². The summed E-state index contributed by atoms with van der Waals surface area (Å²) in [6.45, 7) is 4.75. The van der Waals surface area contributed by atoms with Crippen molar-refractivity contribution in [2.45, 2.75) is 24.7 Å². The van der Waals surface area contributed by atoms with E-state index >= 15 is 0 Å². The van der Waals surface area contributed by atoms with Gasteiger partial charge in [0.2, 0.25) is 0 Å². The Morgan fingerprint density at radius 2 is 0.606 bits per heavy atom. The quantitative estimate of drug-likeness (QED) is 0.170. The minimum atomic E-state index is -0.664. The Bertz CT molecular complexity index is 3390. The van der Waals surface area contributed by atoms with Crippen molar-refractivity contribution >= 4 is 34.1 Å². The summed E-state index contributed by atoms with van der Waals surface area (Å²) in [5, 5.41) is 0.